The molecule has 1 amide bonds. The predicted octanol–water partition coefficient (Wildman–Crippen LogP) is 1.51. The van der Waals surface area contributed by atoms with Crippen molar-refractivity contribution >= 4 is 23.2 Å². The molecule has 1 aromatic rings. The van der Waals surface area contributed by atoms with Crippen LogP contribution in [0.15, 0.2) is 17.5 Å². The summed E-state index contributed by atoms with van der Waals surface area (Å²) < 4.78 is 0. The van der Waals surface area contributed by atoms with Gasteiger partial charge in [0.25, 0.3) is 0 Å². The van der Waals surface area contributed by atoms with Gasteiger partial charge in [0, 0.05) is 11.4 Å². The fourth-order valence-corrected chi connectivity index (χ4v) is 3.34. The van der Waals surface area contributed by atoms with Crippen LogP contribution >= 0.6 is 11.3 Å². The molecule has 5 nitrogen and oxygen atoms in total. The zero-order chi connectivity index (χ0) is 13.9. The van der Waals surface area contributed by atoms with Gasteiger partial charge in [-0.3, -0.25) is 4.79 Å². The molecule has 0 bridgehead atoms. The van der Waals surface area contributed by atoms with Crippen LogP contribution in [0.2, 0.25) is 0 Å². The molecular weight excluding hydrogens is 264 g/mol. The van der Waals surface area contributed by atoms with E-state index in [1.807, 2.05) is 0 Å². The van der Waals surface area contributed by atoms with Gasteiger partial charge in [-0.2, -0.15) is 0 Å². The lowest BCUT2D eigenvalue weighted by atomic mass is 9.85. The van der Waals surface area contributed by atoms with Crippen molar-refractivity contribution in [3.63, 3.8) is 0 Å². The van der Waals surface area contributed by atoms with Crippen LogP contribution in [0, 0.1) is 5.41 Å². The number of hydrogen-bond acceptors (Lipinski definition) is 4. The molecule has 1 saturated carbocycles. The van der Waals surface area contributed by atoms with Crippen LogP contribution in [0.1, 0.15) is 36.6 Å². The van der Waals surface area contributed by atoms with Crippen LogP contribution in [0.5, 0.6) is 0 Å². The molecule has 6 heteroatoms. The fourth-order valence-electron chi connectivity index (χ4n) is 2.57. The molecule has 1 aromatic heterocycles. The Labute approximate surface area is 115 Å². The number of hydrogen-bond donors (Lipinski definition) is 3. The molecule has 0 saturated heterocycles. The number of amides is 1. The van der Waals surface area contributed by atoms with E-state index in [-0.39, 0.29) is 12.5 Å². The van der Waals surface area contributed by atoms with Crippen LogP contribution in [0.25, 0.3) is 0 Å². The molecule has 1 aliphatic rings. The first-order valence-corrected chi connectivity index (χ1v) is 7.24. The van der Waals surface area contributed by atoms with Crippen molar-refractivity contribution in [2.75, 3.05) is 6.54 Å². The minimum atomic E-state index is -1.04. The Balaban J connectivity index is 2.13. The van der Waals surface area contributed by atoms with Crippen molar-refractivity contribution in [1.29, 1.82) is 0 Å². The molecule has 0 spiro atoms. The molecule has 1 atom stereocenters. The Kier molecular flexibility index (Phi) is 4.21. The number of carboxylic acids is 1. The first-order chi connectivity index (χ1) is 9.09. The normalized spacial score (nSPS) is 19.0. The first kappa shape index (κ1) is 14.0. The highest BCUT2D eigenvalue weighted by atomic mass is 32.1. The minimum Gasteiger partial charge on any atom is -0.479 e. The van der Waals surface area contributed by atoms with Crippen LogP contribution < -0.4 is 11.1 Å². The second-order valence-electron chi connectivity index (χ2n) is 4.95. The SMILES string of the molecule is NCC1(C(=O)NC(C(=O)O)c2cccs2)CCCC1. The van der Waals surface area contributed by atoms with Crippen LogP contribution in [-0.4, -0.2) is 23.5 Å². The average Bonchev–Trinajstić information content (AvgIpc) is 3.06. The Morgan fingerprint density at radius 1 is 1.47 bits per heavy atom. The van der Waals surface area contributed by atoms with Crippen molar-refractivity contribution < 1.29 is 14.7 Å². The second-order valence-corrected chi connectivity index (χ2v) is 5.93. The predicted molar refractivity (Wildman–Crippen MR) is 72.8 cm³/mol. The van der Waals surface area contributed by atoms with Gasteiger partial charge >= 0.3 is 5.97 Å². The molecule has 1 unspecified atom stereocenters. The molecule has 4 N–H and O–H groups in total. The Hall–Kier alpha value is -1.40. The first-order valence-electron chi connectivity index (χ1n) is 6.36. The topological polar surface area (TPSA) is 92.4 Å². The van der Waals surface area contributed by atoms with Gasteiger partial charge < -0.3 is 16.2 Å². The number of carbonyl (C=O) groups is 2. The van der Waals surface area contributed by atoms with E-state index in [0.717, 1.165) is 25.7 Å². The monoisotopic (exact) mass is 282 g/mol. The summed E-state index contributed by atoms with van der Waals surface area (Å²) in [5.74, 6) is -1.27. The van der Waals surface area contributed by atoms with E-state index in [9.17, 15) is 14.7 Å². The van der Waals surface area contributed by atoms with Gasteiger partial charge in [0.05, 0.1) is 5.41 Å². The third-order valence-corrected chi connectivity index (χ3v) is 4.72. The standard InChI is InChI=1S/C13H18N2O3S/c14-8-13(5-1-2-6-13)12(18)15-10(11(16)17)9-4-3-7-19-9/h3-4,7,10H,1-2,5-6,8,14H2,(H,15,18)(H,16,17). The van der Waals surface area contributed by atoms with Crippen LogP contribution in [0.3, 0.4) is 0 Å². The van der Waals surface area contributed by atoms with Crippen molar-refractivity contribution in [3.05, 3.63) is 22.4 Å². The molecule has 104 valence electrons. The maximum Gasteiger partial charge on any atom is 0.331 e. The number of nitrogens with two attached hydrogens (primary N) is 1. The van der Waals surface area contributed by atoms with Gasteiger partial charge in [0.1, 0.15) is 0 Å². The Bertz CT molecular complexity index is 452. The van der Waals surface area contributed by atoms with E-state index >= 15 is 0 Å². The lowest BCUT2D eigenvalue weighted by Gasteiger charge is -2.27. The molecule has 0 radical (unpaired) electrons. The maximum atomic E-state index is 12.4. The highest BCUT2D eigenvalue weighted by Gasteiger charge is 2.41. The summed E-state index contributed by atoms with van der Waals surface area (Å²) in [4.78, 5) is 24.3. The summed E-state index contributed by atoms with van der Waals surface area (Å²) in [5.41, 5.74) is 5.16. The number of nitrogens with one attached hydrogen (secondary N) is 1. The molecule has 0 aromatic carbocycles. The lowest BCUT2D eigenvalue weighted by Crippen LogP contribution is -2.46. The van der Waals surface area contributed by atoms with E-state index in [1.165, 1.54) is 11.3 Å². The minimum absolute atomic E-state index is 0.228. The largest absolute Gasteiger partial charge is 0.479 e. The highest BCUT2D eigenvalue weighted by Crippen LogP contribution is 2.38. The van der Waals surface area contributed by atoms with Crippen LogP contribution in [0.4, 0.5) is 0 Å². The molecular formula is C13H18N2O3S. The van der Waals surface area contributed by atoms with Gasteiger partial charge in [-0.25, -0.2) is 4.79 Å². The molecule has 0 aliphatic heterocycles. The van der Waals surface area contributed by atoms with Crippen molar-refractivity contribution in [3.8, 4) is 0 Å². The quantitative estimate of drug-likeness (QED) is 0.763. The second kappa shape index (κ2) is 5.71. The Morgan fingerprint density at radius 2 is 2.16 bits per heavy atom. The van der Waals surface area contributed by atoms with Crippen molar-refractivity contribution in [1.82, 2.24) is 5.32 Å². The third kappa shape index (κ3) is 2.79. The number of rotatable bonds is 5. The fraction of sp³-hybridized carbons (Fsp3) is 0.538. The molecule has 19 heavy (non-hydrogen) atoms. The molecule has 1 fully saturated rings. The van der Waals surface area contributed by atoms with Gasteiger partial charge in [0.15, 0.2) is 6.04 Å². The third-order valence-electron chi connectivity index (χ3n) is 3.78. The number of aliphatic carboxylic acids is 1. The van der Waals surface area contributed by atoms with Gasteiger partial charge in [-0.1, -0.05) is 18.9 Å². The average molecular weight is 282 g/mol. The van der Waals surface area contributed by atoms with Crippen molar-refractivity contribution in [2.45, 2.75) is 31.7 Å². The zero-order valence-electron chi connectivity index (χ0n) is 10.6. The molecule has 1 heterocycles. The summed E-state index contributed by atoms with van der Waals surface area (Å²) in [6.45, 7) is 0.273. The summed E-state index contributed by atoms with van der Waals surface area (Å²) in [6, 6.07) is 2.51. The smallest absolute Gasteiger partial charge is 0.331 e. The van der Waals surface area contributed by atoms with Crippen LogP contribution in [-0.2, 0) is 9.59 Å². The highest BCUT2D eigenvalue weighted by molar-refractivity contribution is 7.10. The van der Waals surface area contributed by atoms with Gasteiger partial charge in [-0.15, -0.1) is 11.3 Å². The van der Waals surface area contributed by atoms with E-state index < -0.39 is 17.4 Å². The Morgan fingerprint density at radius 3 is 2.63 bits per heavy atom. The number of thiophene rings is 1. The van der Waals surface area contributed by atoms with E-state index in [2.05, 4.69) is 5.32 Å². The molecule has 2 rings (SSSR count). The summed E-state index contributed by atoms with van der Waals surface area (Å²) in [6.07, 6.45) is 3.43. The van der Waals surface area contributed by atoms with Gasteiger partial charge in [-0.05, 0) is 24.3 Å². The number of carbonyl (C=O) groups excluding carboxylic acids is 1. The summed E-state index contributed by atoms with van der Waals surface area (Å²) in [7, 11) is 0. The van der Waals surface area contributed by atoms with E-state index in [0.29, 0.717) is 4.88 Å². The van der Waals surface area contributed by atoms with Gasteiger partial charge in [0.2, 0.25) is 5.91 Å². The number of carboxylic acid groups (broad SMARTS) is 1. The molecule has 1 aliphatic carbocycles. The van der Waals surface area contributed by atoms with E-state index in [4.69, 9.17) is 5.73 Å². The summed E-state index contributed by atoms with van der Waals surface area (Å²) in [5, 5.41) is 13.7. The summed E-state index contributed by atoms with van der Waals surface area (Å²) >= 11 is 1.32. The zero-order valence-corrected chi connectivity index (χ0v) is 11.4. The van der Waals surface area contributed by atoms with E-state index in [1.54, 1.807) is 17.5 Å². The van der Waals surface area contributed by atoms with Crippen molar-refractivity contribution in [2.24, 2.45) is 11.1 Å². The lowest BCUT2D eigenvalue weighted by molar-refractivity contribution is -0.143. The maximum absolute atomic E-state index is 12.4.